The van der Waals surface area contributed by atoms with Crippen LogP contribution in [0.4, 0.5) is 5.69 Å². The Labute approximate surface area is 209 Å². The molecule has 1 N–H and O–H groups in total. The molecule has 0 unspecified atom stereocenters. The van der Waals surface area contributed by atoms with Crippen LogP contribution in [0, 0.1) is 13.8 Å². The van der Waals surface area contributed by atoms with Crippen LogP contribution in [0.5, 0.6) is 5.75 Å². The Hall–Kier alpha value is -3.82. The van der Waals surface area contributed by atoms with Crippen LogP contribution in [-0.2, 0) is 12.1 Å². The average molecular weight is 490 g/mol. The highest BCUT2D eigenvalue weighted by Gasteiger charge is 2.38. The van der Waals surface area contributed by atoms with Crippen molar-refractivity contribution in [2.75, 3.05) is 13.2 Å². The van der Waals surface area contributed by atoms with Crippen LogP contribution in [-0.4, -0.2) is 51.4 Å². The third kappa shape index (κ3) is 4.20. The summed E-state index contributed by atoms with van der Waals surface area (Å²) in [6.45, 7) is 8.71. The van der Waals surface area contributed by atoms with Crippen molar-refractivity contribution >= 4 is 35.7 Å². The molecule has 3 aromatic heterocycles. The lowest BCUT2D eigenvalue weighted by Crippen LogP contribution is -2.39. The summed E-state index contributed by atoms with van der Waals surface area (Å²) in [7, 11) is 0. The van der Waals surface area contributed by atoms with E-state index < -0.39 is 11.3 Å². The first kappa shape index (κ1) is 23.9. The number of pyridine rings is 1. The van der Waals surface area contributed by atoms with Gasteiger partial charge in [-0.3, -0.25) is 19.3 Å². The van der Waals surface area contributed by atoms with Crippen LogP contribution in [0.1, 0.15) is 60.3 Å². The van der Waals surface area contributed by atoms with Gasteiger partial charge in [-0.2, -0.15) is 5.10 Å². The summed E-state index contributed by atoms with van der Waals surface area (Å²) in [6.07, 6.45) is 10.6. The molecule has 0 aromatic carbocycles. The number of ether oxygens (including phenoxy) is 1. The summed E-state index contributed by atoms with van der Waals surface area (Å²) < 4.78 is 9.97. The molecule has 2 aliphatic heterocycles. The number of nitrogens with zero attached hydrogens (tertiary/aromatic N) is 6. The van der Waals surface area contributed by atoms with E-state index in [9.17, 15) is 9.59 Å². The molecule has 5 heterocycles. The molecule has 1 fully saturated rings. The molecule has 1 amide bonds. The standard InChI is InChI=1S/C26H31N7O3/c1-17-14-32-24-20(17)12-19(13-29-24)36-11-7-6-10-28-25(35)22-23(34)21(30-16-27-3)18(2)33(31-22)15-26(32)8-4-5-9-26/h12-14,16H,3-11,15H2,1-2H3,(H,28,35). The molecule has 0 atom stereocenters. The number of rotatable bonds is 2. The number of hydrogen-bond donors (Lipinski definition) is 1. The van der Waals surface area contributed by atoms with Crippen LogP contribution in [0.25, 0.3) is 11.0 Å². The van der Waals surface area contributed by atoms with E-state index in [1.54, 1.807) is 17.8 Å². The van der Waals surface area contributed by atoms with Gasteiger partial charge in [-0.25, -0.2) is 9.98 Å². The molecule has 3 aliphatic rings. The van der Waals surface area contributed by atoms with Crippen LogP contribution in [0.2, 0.25) is 0 Å². The highest BCUT2D eigenvalue weighted by atomic mass is 16.5. The Kier molecular flexibility index (Phi) is 6.42. The van der Waals surface area contributed by atoms with E-state index >= 15 is 0 Å². The minimum Gasteiger partial charge on any atom is -0.492 e. The van der Waals surface area contributed by atoms with E-state index in [1.165, 1.54) is 6.34 Å². The highest BCUT2D eigenvalue weighted by Crippen LogP contribution is 2.41. The number of nitrogens with one attached hydrogen (secondary N) is 1. The number of aliphatic imine (C=N–C) groups is 2. The van der Waals surface area contributed by atoms with Crippen molar-refractivity contribution in [2.45, 2.75) is 64.5 Å². The maximum Gasteiger partial charge on any atom is 0.275 e. The van der Waals surface area contributed by atoms with Gasteiger partial charge >= 0.3 is 0 Å². The average Bonchev–Trinajstić information content (AvgIpc) is 3.47. The normalized spacial score (nSPS) is 18.1. The van der Waals surface area contributed by atoms with Gasteiger partial charge in [0.1, 0.15) is 23.4 Å². The van der Waals surface area contributed by atoms with Crippen molar-refractivity contribution in [3.63, 3.8) is 0 Å². The van der Waals surface area contributed by atoms with E-state index in [2.05, 4.69) is 50.9 Å². The molecule has 10 nitrogen and oxygen atoms in total. The molecule has 1 saturated carbocycles. The first-order valence-corrected chi connectivity index (χ1v) is 12.4. The number of hydrogen-bond acceptors (Lipinski definition) is 6. The topological polar surface area (TPSA) is 116 Å². The third-order valence-electron chi connectivity index (χ3n) is 7.30. The van der Waals surface area contributed by atoms with Gasteiger partial charge < -0.3 is 14.6 Å². The Morgan fingerprint density at radius 1 is 1.19 bits per heavy atom. The lowest BCUT2D eigenvalue weighted by Gasteiger charge is -2.33. The predicted molar refractivity (Wildman–Crippen MR) is 139 cm³/mol. The van der Waals surface area contributed by atoms with Gasteiger partial charge in [-0.05, 0) is 57.9 Å². The molecular formula is C26H31N7O3. The smallest absolute Gasteiger partial charge is 0.275 e. The number of carbonyl (C=O) groups is 1. The number of aromatic nitrogens is 4. The summed E-state index contributed by atoms with van der Waals surface area (Å²) in [6, 6.07) is 2.06. The largest absolute Gasteiger partial charge is 0.492 e. The van der Waals surface area contributed by atoms with E-state index in [0.717, 1.165) is 54.5 Å². The molecule has 0 radical (unpaired) electrons. The number of aryl methyl sites for hydroxylation is 1. The number of amides is 1. The zero-order chi connectivity index (χ0) is 25.3. The highest BCUT2D eigenvalue weighted by molar-refractivity contribution is 5.93. The van der Waals surface area contributed by atoms with Gasteiger partial charge in [-0.1, -0.05) is 12.8 Å². The molecule has 1 spiro atoms. The molecule has 10 heteroatoms. The van der Waals surface area contributed by atoms with Crippen molar-refractivity contribution in [3.05, 3.63) is 45.6 Å². The van der Waals surface area contributed by atoms with Gasteiger partial charge in [0.2, 0.25) is 5.43 Å². The Balaban J connectivity index is 1.72. The van der Waals surface area contributed by atoms with E-state index in [1.807, 2.05) is 0 Å². The maximum atomic E-state index is 13.2. The van der Waals surface area contributed by atoms with E-state index in [4.69, 9.17) is 9.72 Å². The van der Waals surface area contributed by atoms with Crippen molar-refractivity contribution in [3.8, 4) is 5.75 Å². The molecular weight excluding hydrogens is 458 g/mol. The van der Waals surface area contributed by atoms with Gasteiger partial charge in [0, 0.05) is 18.1 Å². The summed E-state index contributed by atoms with van der Waals surface area (Å²) in [4.78, 5) is 38.9. The summed E-state index contributed by atoms with van der Waals surface area (Å²) >= 11 is 0. The van der Waals surface area contributed by atoms with Crippen LogP contribution in [0.3, 0.4) is 0 Å². The molecule has 1 aliphatic carbocycles. The second-order valence-electron chi connectivity index (χ2n) is 9.66. The minimum absolute atomic E-state index is 0.151. The van der Waals surface area contributed by atoms with E-state index in [-0.39, 0.29) is 16.9 Å². The fourth-order valence-electron chi connectivity index (χ4n) is 5.37. The monoisotopic (exact) mass is 489 g/mol. The second kappa shape index (κ2) is 9.67. The number of carbonyl (C=O) groups excluding carboxylic acids is 1. The minimum atomic E-state index is -0.515. The lowest BCUT2D eigenvalue weighted by atomic mass is 9.96. The van der Waals surface area contributed by atoms with Gasteiger partial charge in [0.05, 0.1) is 30.6 Å². The summed E-state index contributed by atoms with van der Waals surface area (Å²) in [5, 5.41) is 8.48. The molecule has 36 heavy (non-hydrogen) atoms. The van der Waals surface area contributed by atoms with E-state index in [0.29, 0.717) is 31.8 Å². The van der Waals surface area contributed by atoms with Gasteiger partial charge in [0.25, 0.3) is 5.91 Å². The molecule has 188 valence electrons. The molecule has 6 bridgehead atoms. The molecule has 3 aromatic rings. The first-order valence-electron chi connectivity index (χ1n) is 12.4. The fraction of sp³-hybridized carbons (Fsp3) is 0.462. The van der Waals surface area contributed by atoms with Crippen LogP contribution < -0.4 is 15.5 Å². The quantitative estimate of drug-likeness (QED) is 0.437. The summed E-state index contributed by atoms with van der Waals surface area (Å²) in [5.74, 6) is 0.237. The van der Waals surface area contributed by atoms with Gasteiger partial charge in [0.15, 0.2) is 5.69 Å². The second-order valence-corrected chi connectivity index (χ2v) is 9.66. The zero-order valence-electron chi connectivity index (χ0n) is 20.8. The van der Waals surface area contributed by atoms with Crippen molar-refractivity contribution in [1.29, 1.82) is 0 Å². The summed E-state index contributed by atoms with van der Waals surface area (Å²) in [5.41, 5.74) is 1.77. The first-order chi connectivity index (χ1) is 17.4. The molecule has 6 rings (SSSR count). The lowest BCUT2D eigenvalue weighted by molar-refractivity contribution is 0.0942. The SMILES string of the molecule is C=NC=Nc1c(C)n2nc(c1=O)C(=O)NCCCCOc1cnc3c(c1)c(C)cn3C1(CCCC1)C2. The van der Waals surface area contributed by atoms with Crippen LogP contribution in [0.15, 0.2) is 33.2 Å². The predicted octanol–water partition coefficient (Wildman–Crippen LogP) is 3.44. The Bertz CT molecular complexity index is 1410. The third-order valence-corrected chi connectivity index (χ3v) is 7.30. The molecule has 0 saturated heterocycles. The maximum absolute atomic E-state index is 13.2. The Morgan fingerprint density at radius 2 is 2.00 bits per heavy atom. The van der Waals surface area contributed by atoms with Gasteiger partial charge in [-0.15, -0.1) is 0 Å². The van der Waals surface area contributed by atoms with Crippen molar-refractivity contribution < 1.29 is 9.53 Å². The number of fused-ring (bicyclic) bond motifs is 7. The fourth-order valence-corrected chi connectivity index (χ4v) is 5.37. The zero-order valence-corrected chi connectivity index (χ0v) is 20.8. The van der Waals surface area contributed by atoms with Crippen molar-refractivity contribution in [1.82, 2.24) is 24.6 Å². The van der Waals surface area contributed by atoms with Crippen molar-refractivity contribution in [2.24, 2.45) is 9.98 Å². The Morgan fingerprint density at radius 3 is 2.78 bits per heavy atom. The van der Waals surface area contributed by atoms with Crippen LogP contribution >= 0.6 is 0 Å².